The van der Waals surface area contributed by atoms with Gasteiger partial charge >= 0.3 is 17.4 Å². The van der Waals surface area contributed by atoms with Gasteiger partial charge in [0, 0.05) is 6.20 Å². The molecule has 9 heteroatoms. The number of carbonyl (C=O) groups is 1. The van der Waals surface area contributed by atoms with E-state index in [0.29, 0.717) is 6.20 Å². The monoisotopic (exact) mass is 230 g/mol. The van der Waals surface area contributed by atoms with E-state index in [1.54, 1.807) is 4.98 Å². The third kappa shape index (κ3) is 1.19. The van der Waals surface area contributed by atoms with Gasteiger partial charge in [0.15, 0.2) is 0 Å². The van der Waals surface area contributed by atoms with Crippen molar-refractivity contribution in [1.82, 2.24) is 9.97 Å². The molecule has 0 radical (unpaired) electrons. The predicted molar refractivity (Wildman–Crippen MR) is 44.8 cm³/mol. The Bertz CT molecular complexity index is 571. The van der Waals surface area contributed by atoms with E-state index in [9.17, 15) is 29.7 Å². The zero-order valence-electron chi connectivity index (χ0n) is 7.55. The number of epoxide rings is 1. The molecule has 1 fully saturated rings. The lowest BCUT2D eigenvalue weighted by Crippen LogP contribution is -2.48. The summed E-state index contributed by atoms with van der Waals surface area (Å²) in [7, 11) is 0. The van der Waals surface area contributed by atoms with Crippen molar-refractivity contribution >= 4 is 5.97 Å². The van der Waals surface area contributed by atoms with Gasteiger partial charge in [0.1, 0.15) is 0 Å². The lowest BCUT2D eigenvalue weighted by molar-refractivity contribution is -0.278. The molecule has 1 aromatic heterocycles. The van der Waals surface area contributed by atoms with Crippen LogP contribution in [-0.4, -0.2) is 37.0 Å². The van der Waals surface area contributed by atoms with Gasteiger partial charge in [-0.25, -0.2) is 9.59 Å². The number of H-pyrrole nitrogens is 2. The van der Waals surface area contributed by atoms with Crippen LogP contribution >= 0.6 is 0 Å². The molecule has 5 N–H and O–H groups in total. The van der Waals surface area contributed by atoms with Crippen LogP contribution in [-0.2, 0) is 15.3 Å². The first-order valence-corrected chi connectivity index (χ1v) is 4.02. The number of ether oxygens (including phenoxy) is 1. The Morgan fingerprint density at radius 2 is 1.88 bits per heavy atom. The molecule has 0 amide bonds. The number of aliphatic hydroxyl groups is 3. The topological polar surface area (TPSA) is 156 Å². The van der Waals surface area contributed by atoms with Crippen LogP contribution in [0.4, 0.5) is 0 Å². The number of hydrogen-bond donors (Lipinski definition) is 5. The maximum absolute atomic E-state index is 11.2. The summed E-state index contributed by atoms with van der Waals surface area (Å²) in [5, 5.41) is 28.1. The molecule has 2 rings (SSSR count). The Kier molecular flexibility index (Phi) is 1.83. The third-order valence-electron chi connectivity index (χ3n) is 2.14. The van der Waals surface area contributed by atoms with Crippen LogP contribution in [0.3, 0.4) is 0 Å². The van der Waals surface area contributed by atoms with Crippen LogP contribution < -0.4 is 11.2 Å². The number of hydrogen-bond acceptors (Lipinski definition) is 7. The second-order valence-electron chi connectivity index (χ2n) is 3.19. The maximum Gasteiger partial charge on any atom is 0.389 e. The SMILES string of the molecule is O=C1OC1(O)C(O)(O)c1c[nH]c(=O)[nH]c1=O. The predicted octanol–water partition coefficient (Wildman–Crippen LogP) is -3.55. The van der Waals surface area contributed by atoms with Gasteiger partial charge in [0.05, 0.1) is 5.56 Å². The largest absolute Gasteiger partial charge is 0.411 e. The highest BCUT2D eigenvalue weighted by molar-refractivity contribution is 5.92. The zero-order valence-corrected chi connectivity index (χ0v) is 7.55. The molecule has 1 aliphatic heterocycles. The minimum atomic E-state index is -3.23. The number of nitrogens with one attached hydrogen (secondary N) is 2. The van der Waals surface area contributed by atoms with E-state index in [-0.39, 0.29) is 0 Å². The van der Waals surface area contributed by atoms with Crippen LogP contribution in [0.2, 0.25) is 0 Å². The summed E-state index contributed by atoms with van der Waals surface area (Å²) in [4.78, 5) is 36.1. The van der Waals surface area contributed by atoms with Gasteiger partial charge in [-0.05, 0) is 0 Å². The van der Waals surface area contributed by atoms with E-state index in [1.165, 1.54) is 0 Å². The molecule has 2 heterocycles. The van der Waals surface area contributed by atoms with Crippen LogP contribution in [0.15, 0.2) is 15.8 Å². The van der Waals surface area contributed by atoms with E-state index >= 15 is 0 Å². The Balaban J connectivity index is 2.56. The fourth-order valence-corrected chi connectivity index (χ4v) is 1.17. The van der Waals surface area contributed by atoms with Crippen LogP contribution in [0, 0.1) is 0 Å². The minimum absolute atomic E-state index is 0.661. The molecule has 0 aliphatic carbocycles. The average Bonchev–Trinajstić information content (AvgIpc) is 2.75. The summed E-state index contributed by atoms with van der Waals surface area (Å²) in [6.07, 6.45) is 0.661. The van der Waals surface area contributed by atoms with Crippen molar-refractivity contribution in [3.05, 3.63) is 32.6 Å². The van der Waals surface area contributed by atoms with Gasteiger partial charge < -0.3 is 25.0 Å². The van der Waals surface area contributed by atoms with Gasteiger partial charge in [0.25, 0.3) is 11.3 Å². The van der Waals surface area contributed by atoms with Crippen molar-refractivity contribution in [2.75, 3.05) is 0 Å². The zero-order chi connectivity index (χ0) is 12.1. The smallest absolute Gasteiger partial charge is 0.389 e. The Labute approximate surface area is 85.9 Å². The molecule has 9 nitrogen and oxygen atoms in total. The van der Waals surface area contributed by atoms with Crippen molar-refractivity contribution in [2.45, 2.75) is 11.6 Å². The first-order chi connectivity index (χ1) is 7.29. The van der Waals surface area contributed by atoms with Crippen LogP contribution in [0.1, 0.15) is 5.56 Å². The van der Waals surface area contributed by atoms with Crippen molar-refractivity contribution in [2.24, 2.45) is 0 Å². The Morgan fingerprint density at radius 3 is 2.31 bits per heavy atom. The summed E-state index contributed by atoms with van der Waals surface area (Å²) in [5.41, 5.74) is -2.86. The fourth-order valence-electron chi connectivity index (χ4n) is 1.17. The van der Waals surface area contributed by atoms with Crippen molar-refractivity contribution < 1.29 is 24.9 Å². The highest BCUT2D eigenvalue weighted by Crippen LogP contribution is 2.40. The summed E-state index contributed by atoms with van der Waals surface area (Å²) in [5.74, 6) is -7.40. The van der Waals surface area contributed by atoms with E-state index in [2.05, 4.69) is 4.74 Å². The quantitative estimate of drug-likeness (QED) is 0.260. The molecule has 1 saturated heterocycles. The van der Waals surface area contributed by atoms with E-state index in [4.69, 9.17) is 0 Å². The Hall–Kier alpha value is -1.97. The van der Waals surface area contributed by atoms with Gasteiger partial charge in [0.2, 0.25) is 0 Å². The standard InChI is InChI=1S/C7H6N2O7/c10-3-2(1-8-5(12)9-3)6(13,14)7(15)4(11)16-7/h1,13-15H,(H2,8,9,10,12). The lowest BCUT2D eigenvalue weighted by atomic mass is 10.0. The van der Waals surface area contributed by atoms with E-state index in [0.717, 1.165) is 0 Å². The maximum atomic E-state index is 11.2. The summed E-state index contributed by atoms with van der Waals surface area (Å²) in [6.45, 7) is 0. The summed E-state index contributed by atoms with van der Waals surface area (Å²) in [6, 6.07) is 0. The van der Waals surface area contributed by atoms with Crippen molar-refractivity contribution in [1.29, 1.82) is 0 Å². The normalized spacial score (nSPS) is 24.1. The summed E-state index contributed by atoms with van der Waals surface area (Å²) >= 11 is 0. The van der Waals surface area contributed by atoms with Gasteiger partial charge in [-0.3, -0.25) is 9.78 Å². The number of carbonyl (C=O) groups excluding carboxylic acids is 1. The van der Waals surface area contributed by atoms with E-state index in [1.807, 2.05) is 4.98 Å². The highest BCUT2D eigenvalue weighted by atomic mass is 16.8. The molecule has 1 unspecified atom stereocenters. The van der Waals surface area contributed by atoms with Gasteiger partial charge in [-0.15, -0.1) is 0 Å². The lowest BCUT2D eigenvalue weighted by Gasteiger charge is -2.20. The van der Waals surface area contributed by atoms with Crippen LogP contribution in [0.25, 0.3) is 0 Å². The molecule has 0 bridgehead atoms. The number of rotatable bonds is 2. The first kappa shape index (κ1) is 10.5. The molecule has 1 aliphatic rings. The highest BCUT2D eigenvalue weighted by Gasteiger charge is 2.73. The molecule has 0 saturated carbocycles. The molecule has 0 aromatic carbocycles. The molecule has 16 heavy (non-hydrogen) atoms. The minimum Gasteiger partial charge on any atom is -0.411 e. The fraction of sp³-hybridized carbons (Fsp3) is 0.286. The first-order valence-electron chi connectivity index (χ1n) is 4.02. The van der Waals surface area contributed by atoms with Gasteiger partial charge in [-0.1, -0.05) is 0 Å². The molecule has 1 aromatic rings. The van der Waals surface area contributed by atoms with Crippen molar-refractivity contribution in [3.63, 3.8) is 0 Å². The van der Waals surface area contributed by atoms with Crippen LogP contribution in [0.5, 0.6) is 0 Å². The molecule has 86 valence electrons. The molecule has 0 spiro atoms. The summed E-state index contributed by atoms with van der Waals surface area (Å²) < 4.78 is 3.98. The second kappa shape index (κ2) is 2.78. The van der Waals surface area contributed by atoms with E-state index < -0.39 is 34.4 Å². The molecular weight excluding hydrogens is 224 g/mol. The molecule has 1 atom stereocenters. The number of aromatic amines is 2. The second-order valence-corrected chi connectivity index (χ2v) is 3.19. The average molecular weight is 230 g/mol. The van der Waals surface area contributed by atoms with Crippen molar-refractivity contribution in [3.8, 4) is 0 Å². The third-order valence-corrected chi connectivity index (χ3v) is 2.14. The number of cyclic esters (lactones) is 1. The Morgan fingerprint density at radius 1 is 1.31 bits per heavy atom. The molecular formula is C7H6N2O7. The van der Waals surface area contributed by atoms with Gasteiger partial charge in [-0.2, -0.15) is 0 Å². The number of aromatic nitrogens is 2.